The molecule has 0 saturated carbocycles. The molecule has 4 rings (SSSR count). The van der Waals surface area contributed by atoms with Gasteiger partial charge in [0.1, 0.15) is 12.1 Å². The fraction of sp³-hybridized carbons (Fsp3) is 0.118. The van der Waals surface area contributed by atoms with Gasteiger partial charge in [-0.05, 0) is 22.9 Å². The highest BCUT2D eigenvalue weighted by Gasteiger charge is 2.29. The van der Waals surface area contributed by atoms with E-state index in [9.17, 15) is 0 Å². The van der Waals surface area contributed by atoms with Crippen LogP contribution in [0.4, 0.5) is 0 Å². The van der Waals surface area contributed by atoms with Crippen LogP contribution < -0.4 is 0 Å². The Bertz CT molecular complexity index is 722. The Kier molecular flexibility index (Phi) is 2.27. The highest BCUT2D eigenvalue weighted by Crippen LogP contribution is 2.26. The highest BCUT2D eigenvalue weighted by molar-refractivity contribution is 6.07. The number of rotatable bonds is 1. The monoisotopic (exact) mass is 247 g/mol. The zero-order valence-corrected chi connectivity index (χ0v) is 10.4. The quantitative estimate of drug-likeness (QED) is 0.756. The van der Waals surface area contributed by atoms with E-state index in [0.717, 1.165) is 11.5 Å². The van der Waals surface area contributed by atoms with Crippen LogP contribution in [-0.2, 0) is 4.74 Å². The fourth-order valence-corrected chi connectivity index (χ4v) is 2.64. The average molecular weight is 247 g/mol. The first kappa shape index (κ1) is 10.6. The van der Waals surface area contributed by atoms with Crippen LogP contribution in [0.2, 0.25) is 0 Å². The molecule has 0 bridgehead atoms. The van der Waals surface area contributed by atoms with Crippen molar-refractivity contribution in [3.8, 4) is 0 Å². The van der Waals surface area contributed by atoms with Gasteiger partial charge < -0.3 is 4.74 Å². The van der Waals surface area contributed by atoms with Crippen molar-refractivity contribution in [3.63, 3.8) is 0 Å². The van der Waals surface area contributed by atoms with Gasteiger partial charge in [-0.15, -0.1) is 0 Å². The van der Waals surface area contributed by atoms with Gasteiger partial charge in [0.2, 0.25) is 5.90 Å². The Balaban J connectivity index is 1.84. The number of fused-ring (bicyclic) bond motifs is 2. The van der Waals surface area contributed by atoms with E-state index in [1.165, 1.54) is 10.8 Å². The maximum atomic E-state index is 5.97. The van der Waals surface area contributed by atoms with Crippen LogP contribution in [0, 0.1) is 0 Å². The zero-order valence-electron chi connectivity index (χ0n) is 10.4. The lowest BCUT2D eigenvalue weighted by atomic mass is 10.0. The van der Waals surface area contributed by atoms with Gasteiger partial charge in [0.25, 0.3) is 0 Å². The summed E-state index contributed by atoms with van der Waals surface area (Å²) in [6.07, 6.45) is 8.25. The van der Waals surface area contributed by atoms with Gasteiger partial charge in [-0.2, -0.15) is 0 Å². The molecule has 0 saturated heterocycles. The van der Waals surface area contributed by atoms with Crippen molar-refractivity contribution < 1.29 is 4.74 Å². The maximum absolute atomic E-state index is 5.97. The van der Waals surface area contributed by atoms with Gasteiger partial charge in [-0.25, -0.2) is 4.99 Å². The number of aliphatic imine (C=N–C) groups is 1. The molecule has 0 spiro atoms. The van der Waals surface area contributed by atoms with Crippen LogP contribution >= 0.6 is 0 Å². The number of hydrogen-bond donors (Lipinski definition) is 0. The zero-order chi connectivity index (χ0) is 12.7. The topological polar surface area (TPSA) is 21.6 Å². The summed E-state index contributed by atoms with van der Waals surface area (Å²) in [7, 11) is 0. The molecule has 0 N–H and O–H groups in total. The number of benzene rings is 2. The van der Waals surface area contributed by atoms with E-state index in [1.807, 2.05) is 18.2 Å². The molecule has 0 aromatic heterocycles. The largest absolute Gasteiger partial charge is 0.467 e. The Hall–Kier alpha value is -2.35. The van der Waals surface area contributed by atoms with Crippen molar-refractivity contribution in [1.29, 1.82) is 0 Å². The van der Waals surface area contributed by atoms with E-state index >= 15 is 0 Å². The van der Waals surface area contributed by atoms with Crippen LogP contribution in [0.15, 0.2) is 71.8 Å². The molecule has 2 aliphatic rings. The summed E-state index contributed by atoms with van der Waals surface area (Å²) in [6, 6.07) is 14.7. The Labute approximate surface area is 111 Å². The molecule has 2 unspecified atom stereocenters. The molecule has 0 amide bonds. The molecular formula is C17H13NO. The van der Waals surface area contributed by atoms with Crippen molar-refractivity contribution in [1.82, 2.24) is 0 Å². The smallest absolute Gasteiger partial charge is 0.218 e. The first-order valence-electron chi connectivity index (χ1n) is 6.49. The third kappa shape index (κ3) is 1.68. The van der Waals surface area contributed by atoms with Crippen LogP contribution in [0.1, 0.15) is 5.56 Å². The van der Waals surface area contributed by atoms with Gasteiger partial charge >= 0.3 is 0 Å². The van der Waals surface area contributed by atoms with Crippen molar-refractivity contribution in [2.24, 2.45) is 4.99 Å². The SMILES string of the molecule is C1=CC2N=C(c3cccc4ccccc34)OC2C=C1. The number of hydrogen-bond acceptors (Lipinski definition) is 2. The molecule has 0 radical (unpaired) electrons. The number of nitrogens with zero attached hydrogens (tertiary/aromatic N) is 1. The molecule has 2 heteroatoms. The lowest BCUT2D eigenvalue weighted by Gasteiger charge is -2.13. The van der Waals surface area contributed by atoms with E-state index in [4.69, 9.17) is 4.74 Å². The van der Waals surface area contributed by atoms with Gasteiger partial charge in [0.05, 0.1) is 0 Å². The van der Waals surface area contributed by atoms with Crippen LogP contribution in [0.3, 0.4) is 0 Å². The molecule has 92 valence electrons. The average Bonchev–Trinajstić information content (AvgIpc) is 2.90. The third-order valence-corrected chi connectivity index (χ3v) is 3.59. The van der Waals surface area contributed by atoms with Gasteiger partial charge in [-0.1, -0.05) is 54.6 Å². The summed E-state index contributed by atoms with van der Waals surface area (Å²) in [5.41, 5.74) is 1.08. The predicted octanol–water partition coefficient (Wildman–Crippen LogP) is 3.48. The summed E-state index contributed by atoms with van der Waals surface area (Å²) < 4.78 is 5.97. The Morgan fingerprint density at radius 3 is 2.68 bits per heavy atom. The summed E-state index contributed by atoms with van der Waals surface area (Å²) in [6.45, 7) is 0. The summed E-state index contributed by atoms with van der Waals surface area (Å²) in [4.78, 5) is 4.69. The first-order chi connectivity index (χ1) is 9.42. The summed E-state index contributed by atoms with van der Waals surface area (Å²) in [5.74, 6) is 0.753. The lowest BCUT2D eigenvalue weighted by molar-refractivity contribution is 0.255. The van der Waals surface area contributed by atoms with Crippen molar-refractivity contribution >= 4 is 16.7 Å². The second-order valence-electron chi connectivity index (χ2n) is 4.80. The second kappa shape index (κ2) is 4.09. The molecule has 0 fully saturated rings. The predicted molar refractivity (Wildman–Crippen MR) is 77.4 cm³/mol. The van der Waals surface area contributed by atoms with Crippen molar-refractivity contribution in [2.45, 2.75) is 12.1 Å². The van der Waals surface area contributed by atoms with E-state index < -0.39 is 0 Å². The molecule has 1 aliphatic carbocycles. The van der Waals surface area contributed by atoms with E-state index in [2.05, 4.69) is 53.5 Å². The van der Waals surface area contributed by atoms with Crippen molar-refractivity contribution in [3.05, 3.63) is 72.3 Å². The Morgan fingerprint density at radius 1 is 0.895 bits per heavy atom. The highest BCUT2D eigenvalue weighted by atomic mass is 16.5. The first-order valence-corrected chi connectivity index (χ1v) is 6.49. The standard InChI is InChI=1S/C17H13NO/c1-2-8-13-12(6-1)7-5-9-14(13)17-18-15-10-3-4-11-16(15)19-17/h1-11,15-16H. The maximum Gasteiger partial charge on any atom is 0.218 e. The second-order valence-corrected chi connectivity index (χ2v) is 4.80. The van der Waals surface area contributed by atoms with Crippen molar-refractivity contribution in [2.75, 3.05) is 0 Å². The number of ether oxygens (including phenoxy) is 1. The molecule has 2 nitrogen and oxygen atoms in total. The fourth-order valence-electron chi connectivity index (χ4n) is 2.64. The minimum atomic E-state index is 0.0546. The molecular weight excluding hydrogens is 234 g/mol. The summed E-state index contributed by atoms with van der Waals surface area (Å²) in [5, 5.41) is 2.41. The van der Waals surface area contributed by atoms with E-state index in [-0.39, 0.29) is 12.1 Å². The Morgan fingerprint density at radius 2 is 1.74 bits per heavy atom. The molecule has 1 aliphatic heterocycles. The molecule has 1 heterocycles. The normalized spacial score (nSPS) is 24.1. The molecule has 19 heavy (non-hydrogen) atoms. The van der Waals surface area contributed by atoms with Crippen LogP contribution in [0.5, 0.6) is 0 Å². The minimum absolute atomic E-state index is 0.0546. The van der Waals surface area contributed by atoms with Crippen LogP contribution in [0.25, 0.3) is 10.8 Å². The molecule has 2 aromatic rings. The minimum Gasteiger partial charge on any atom is -0.467 e. The van der Waals surface area contributed by atoms with Gasteiger partial charge in [-0.3, -0.25) is 0 Å². The van der Waals surface area contributed by atoms with Gasteiger partial charge in [0.15, 0.2) is 0 Å². The molecule has 2 aromatic carbocycles. The summed E-state index contributed by atoms with van der Waals surface area (Å²) >= 11 is 0. The van der Waals surface area contributed by atoms with Crippen LogP contribution in [-0.4, -0.2) is 18.0 Å². The third-order valence-electron chi connectivity index (χ3n) is 3.59. The lowest BCUT2D eigenvalue weighted by Crippen LogP contribution is -2.19. The van der Waals surface area contributed by atoms with E-state index in [0.29, 0.717) is 0 Å². The van der Waals surface area contributed by atoms with E-state index in [1.54, 1.807) is 0 Å². The number of allylic oxidation sites excluding steroid dienone is 2. The van der Waals surface area contributed by atoms with Gasteiger partial charge in [0, 0.05) is 5.56 Å². The molecule has 2 atom stereocenters.